The van der Waals surface area contributed by atoms with E-state index in [-0.39, 0.29) is 37.5 Å². The molecule has 0 saturated carbocycles. The molecule has 0 N–H and O–H groups in total. The van der Waals surface area contributed by atoms with Crippen LogP contribution in [0, 0.1) is 0 Å². The molecule has 0 bridgehead atoms. The van der Waals surface area contributed by atoms with Crippen LogP contribution < -0.4 is 0 Å². The molecule has 64 heavy (non-hydrogen) atoms. The molecule has 0 amide bonds. The van der Waals surface area contributed by atoms with Crippen molar-refractivity contribution in [3.8, 4) is 0 Å². The maximum Gasteiger partial charge on any atom is 0.306 e. The van der Waals surface area contributed by atoms with Crippen LogP contribution in [0.4, 0.5) is 0 Å². The van der Waals surface area contributed by atoms with E-state index in [2.05, 4.69) is 93.7 Å². The van der Waals surface area contributed by atoms with Crippen molar-refractivity contribution in [3.63, 3.8) is 0 Å². The zero-order valence-corrected chi connectivity index (χ0v) is 42.0. The maximum atomic E-state index is 12.8. The Labute approximate surface area is 395 Å². The summed E-state index contributed by atoms with van der Waals surface area (Å²) >= 11 is 0. The zero-order chi connectivity index (χ0) is 46.5. The van der Waals surface area contributed by atoms with Crippen molar-refractivity contribution >= 4 is 17.9 Å². The standard InChI is InChI=1S/C58H100O6/c1-4-7-10-13-16-19-22-24-26-27-28-29-30-31-33-34-36-39-42-45-48-51-57(60)63-54-55(53-62-56(59)50-47-44-41-38-21-18-15-12-9-6-3)64-58(61)52-49-46-43-40-37-35-32-25-23-20-17-14-11-8-5-2/h8,11,17,20,22,24-25,27-28,32,37,40,55H,4-7,9-10,12-16,18-19,21,23,26,29-31,33-36,38-39,41-54H2,1-3H3/b11-8-,20-17-,24-22-,28-27-,32-25-,40-37-. The largest absolute Gasteiger partial charge is 0.462 e. The zero-order valence-electron chi connectivity index (χ0n) is 42.0. The molecule has 0 spiro atoms. The van der Waals surface area contributed by atoms with E-state index < -0.39 is 6.10 Å². The highest BCUT2D eigenvalue weighted by Gasteiger charge is 2.19. The minimum atomic E-state index is -0.796. The van der Waals surface area contributed by atoms with Crippen molar-refractivity contribution in [1.29, 1.82) is 0 Å². The second kappa shape index (κ2) is 52.5. The van der Waals surface area contributed by atoms with Gasteiger partial charge in [0.15, 0.2) is 6.10 Å². The monoisotopic (exact) mass is 893 g/mol. The van der Waals surface area contributed by atoms with Gasteiger partial charge in [-0.15, -0.1) is 0 Å². The Morgan fingerprint density at radius 2 is 0.609 bits per heavy atom. The lowest BCUT2D eigenvalue weighted by Crippen LogP contribution is -2.30. The van der Waals surface area contributed by atoms with Crippen molar-refractivity contribution in [3.05, 3.63) is 72.9 Å². The molecule has 6 heteroatoms. The van der Waals surface area contributed by atoms with Gasteiger partial charge in [0.1, 0.15) is 13.2 Å². The minimum absolute atomic E-state index is 0.0920. The first-order chi connectivity index (χ1) is 31.5. The number of allylic oxidation sites excluding steroid dienone is 12. The number of carbonyl (C=O) groups is 3. The van der Waals surface area contributed by atoms with Gasteiger partial charge in [0.05, 0.1) is 0 Å². The van der Waals surface area contributed by atoms with Gasteiger partial charge in [-0.3, -0.25) is 14.4 Å². The summed E-state index contributed by atoms with van der Waals surface area (Å²) < 4.78 is 16.8. The van der Waals surface area contributed by atoms with Gasteiger partial charge in [0.25, 0.3) is 0 Å². The van der Waals surface area contributed by atoms with E-state index in [9.17, 15) is 14.4 Å². The molecule has 0 fully saturated rings. The molecule has 0 aliphatic rings. The van der Waals surface area contributed by atoms with Crippen molar-refractivity contribution in [1.82, 2.24) is 0 Å². The number of esters is 3. The van der Waals surface area contributed by atoms with Crippen LogP contribution >= 0.6 is 0 Å². The first-order valence-corrected chi connectivity index (χ1v) is 26.9. The molecule has 0 radical (unpaired) electrons. The molecule has 0 saturated heterocycles. The Morgan fingerprint density at radius 3 is 0.984 bits per heavy atom. The highest BCUT2D eigenvalue weighted by Crippen LogP contribution is 2.15. The molecule has 0 aromatic heterocycles. The first-order valence-electron chi connectivity index (χ1n) is 26.9. The summed E-state index contributed by atoms with van der Waals surface area (Å²) in [6.45, 7) is 6.47. The van der Waals surface area contributed by atoms with Crippen LogP contribution in [0.1, 0.15) is 258 Å². The fourth-order valence-electron chi connectivity index (χ4n) is 7.40. The number of unbranched alkanes of at least 4 members (excludes halogenated alkanes) is 25. The van der Waals surface area contributed by atoms with Crippen LogP contribution in [0.15, 0.2) is 72.9 Å². The quantitative estimate of drug-likeness (QED) is 0.0262. The van der Waals surface area contributed by atoms with Gasteiger partial charge in [0, 0.05) is 19.3 Å². The number of hydrogen-bond donors (Lipinski definition) is 0. The molecule has 0 rings (SSSR count). The molecule has 0 aromatic carbocycles. The van der Waals surface area contributed by atoms with E-state index in [1.165, 1.54) is 128 Å². The van der Waals surface area contributed by atoms with Gasteiger partial charge in [-0.1, -0.05) is 222 Å². The number of carbonyl (C=O) groups excluding carboxylic acids is 3. The molecule has 368 valence electrons. The fraction of sp³-hybridized carbons (Fsp3) is 0.741. The molecule has 0 aliphatic carbocycles. The number of hydrogen-bond acceptors (Lipinski definition) is 6. The summed E-state index contributed by atoms with van der Waals surface area (Å²) in [6, 6.07) is 0. The highest BCUT2D eigenvalue weighted by molar-refractivity contribution is 5.71. The predicted molar refractivity (Wildman–Crippen MR) is 274 cm³/mol. The van der Waals surface area contributed by atoms with E-state index in [1.54, 1.807) is 0 Å². The van der Waals surface area contributed by atoms with Gasteiger partial charge >= 0.3 is 17.9 Å². The molecular weight excluding hydrogens is 793 g/mol. The molecule has 0 aromatic rings. The molecule has 1 atom stereocenters. The molecule has 1 unspecified atom stereocenters. The first kappa shape index (κ1) is 60.9. The third-order valence-electron chi connectivity index (χ3n) is 11.4. The van der Waals surface area contributed by atoms with Gasteiger partial charge in [-0.25, -0.2) is 0 Å². The molecular formula is C58H100O6. The van der Waals surface area contributed by atoms with Crippen molar-refractivity contribution in [2.75, 3.05) is 13.2 Å². The summed E-state index contributed by atoms with van der Waals surface area (Å²) in [4.78, 5) is 38.0. The van der Waals surface area contributed by atoms with E-state index in [0.717, 1.165) is 83.5 Å². The number of ether oxygens (including phenoxy) is 3. The van der Waals surface area contributed by atoms with Crippen LogP contribution in [0.3, 0.4) is 0 Å². The van der Waals surface area contributed by atoms with E-state index in [4.69, 9.17) is 14.2 Å². The van der Waals surface area contributed by atoms with Crippen molar-refractivity contribution in [2.24, 2.45) is 0 Å². The van der Waals surface area contributed by atoms with Crippen molar-refractivity contribution < 1.29 is 28.6 Å². The Bertz CT molecular complexity index is 1210. The molecule has 0 aliphatic heterocycles. The second-order valence-electron chi connectivity index (χ2n) is 17.8. The Hall–Kier alpha value is -3.15. The van der Waals surface area contributed by atoms with Crippen LogP contribution in [0.5, 0.6) is 0 Å². The van der Waals surface area contributed by atoms with E-state index in [0.29, 0.717) is 19.3 Å². The van der Waals surface area contributed by atoms with Crippen molar-refractivity contribution in [2.45, 2.75) is 264 Å². The van der Waals surface area contributed by atoms with Crippen LogP contribution in [-0.2, 0) is 28.6 Å². The lowest BCUT2D eigenvalue weighted by atomic mass is 10.1. The Kier molecular flexibility index (Phi) is 49.9. The summed E-state index contributed by atoms with van der Waals surface area (Å²) in [6.07, 6.45) is 66.1. The summed E-state index contributed by atoms with van der Waals surface area (Å²) in [5.74, 6) is -0.936. The van der Waals surface area contributed by atoms with E-state index >= 15 is 0 Å². The average Bonchev–Trinajstić information content (AvgIpc) is 3.29. The summed E-state index contributed by atoms with van der Waals surface area (Å²) in [7, 11) is 0. The highest BCUT2D eigenvalue weighted by atomic mass is 16.6. The maximum absolute atomic E-state index is 12.8. The normalized spacial score (nSPS) is 12.6. The van der Waals surface area contributed by atoms with Crippen LogP contribution in [-0.4, -0.2) is 37.2 Å². The third-order valence-corrected chi connectivity index (χ3v) is 11.4. The third kappa shape index (κ3) is 49.9. The predicted octanol–water partition coefficient (Wildman–Crippen LogP) is 17.8. The fourth-order valence-corrected chi connectivity index (χ4v) is 7.40. The Balaban J connectivity index is 4.35. The summed E-state index contributed by atoms with van der Waals surface area (Å²) in [5.41, 5.74) is 0. The number of rotatable bonds is 48. The topological polar surface area (TPSA) is 78.9 Å². The lowest BCUT2D eigenvalue weighted by Gasteiger charge is -2.18. The van der Waals surface area contributed by atoms with Crippen LogP contribution in [0.25, 0.3) is 0 Å². The molecule has 0 heterocycles. The smallest absolute Gasteiger partial charge is 0.306 e. The van der Waals surface area contributed by atoms with Gasteiger partial charge in [0.2, 0.25) is 0 Å². The lowest BCUT2D eigenvalue weighted by molar-refractivity contribution is -0.167. The SMILES string of the molecule is CC/C=C\C/C=C\C/C=C\C/C=C\CCCCC(=O)OC(COC(=O)CCCCCCCCCCCC)COC(=O)CCCCCCCCCCC/C=C\C/C=C\CCCCCCC. The van der Waals surface area contributed by atoms with Gasteiger partial charge in [-0.2, -0.15) is 0 Å². The molecule has 6 nitrogen and oxygen atoms in total. The van der Waals surface area contributed by atoms with E-state index in [1.807, 2.05) is 0 Å². The second-order valence-corrected chi connectivity index (χ2v) is 17.8. The Morgan fingerprint density at radius 1 is 0.328 bits per heavy atom. The minimum Gasteiger partial charge on any atom is -0.462 e. The average molecular weight is 893 g/mol. The summed E-state index contributed by atoms with van der Waals surface area (Å²) in [5, 5.41) is 0. The van der Waals surface area contributed by atoms with Crippen LogP contribution in [0.2, 0.25) is 0 Å². The van der Waals surface area contributed by atoms with Gasteiger partial charge in [-0.05, 0) is 89.9 Å². The van der Waals surface area contributed by atoms with Gasteiger partial charge < -0.3 is 14.2 Å².